The third-order valence-electron chi connectivity index (χ3n) is 6.43. The average molecular weight is 544 g/mol. The summed E-state index contributed by atoms with van der Waals surface area (Å²) in [4.78, 5) is 7.91. The van der Waals surface area contributed by atoms with E-state index < -0.39 is 36.0 Å². The molecule has 1 aliphatic rings. The zero-order valence-electron chi connectivity index (χ0n) is 21.2. The molecule has 0 radical (unpaired) electrons. The van der Waals surface area contributed by atoms with Crippen molar-refractivity contribution in [3.05, 3.63) is 58.8 Å². The second kappa shape index (κ2) is 12.4. The summed E-state index contributed by atoms with van der Waals surface area (Å²) in [5.74, 6) is 0.749. The van der Waals surface area contributed by atoms with E-state index in [1.165, 1.54) is 24.8 Å². The van der Waals surface area contributed by atoms with Gasteiger partial charge in [-0.15, -0.1) is 0 Å². The van der Waals surface area contributed by atoms with Crippen LogP contribution in [0.4, 0.5) is 32.2 Å². The molecule has 0 atom stereocenters. The first-order valence-corrected chi connectivity index (χ1v) is 12.3. The highest BCUT2D eigenvalue weighted by atomic mass is 19.4. The molecule has 1 fully saturated rings. The van der Waals surface area contributed by atoms with Gasteiger partial charge in [0.25, 0.3) is 0 Å². The summed E-state index contributed by atoms with van der Waals surface area (Å²) < 4.78 is 80.5. The molecule has 1 aromatic heterocycles. The van der Waals surface area contributed by atoms with Crippen LogP contribution in [0.5, 0.6) is 0 Å². The predicted octanol–water partition coefficient (Wildman–Crippen LogP) is 6.66. The van der Waals surface area contributed by atoms with Gasteiger partial charge in [0.05, 0.1) is 11.1 Å². The van der Waals surface area contributed by atoms with Gasteiger partial charge in [0, 0.05) is 45.0 Å². The number of hydrogen-bond acceptors (Lipinski definition) is 4. The second-order valence-corrected chi connectivity index (χ2v) is 9.19. The topological polar surface area (TPSA) is 80.0 Å². The number of rotatable bonds is 9. The molecule has 1 aliphatic carbocycles. The summed E-state index contributed by atoms with van der Waals surface area (Å²) in [5.41, 5.74) is -0.0367. The fourth-order valence-electron chi connectivity index (χ4n) is 4.61. The number of nitrogens with one attached hydrogen (secondary N) is 2. The van der Waals surface area contributed by atoms with Crippen molar-refractivity contribution >= 4 is 11.8 Å². The Morgan fingerprint density at radius 3 is 2.24 bits per heavy atom. The zero-order valence-corrected chi connectivity index (χ0v) is 21.2. The summed E-state index contributed by atoms with van der Waals surface area (Å²) in [6.07, 6.45) is -3.72. The maximum Gasteiger partial charge on any atom is 0.416 e. The van der Waals surface area contributed by atoms with Crippen molar-refractivity contribution in [2.24, 2.45) is 16.3 Å². The Kier molecular flexibility index (Phi) is 9.55. The summed E-state index contributed by atoms with van der Waals surface area (Å²) in [6, 6.07) is 4.88. The molecule has 2 N–H and O–H groups in total. The largest absolute Gasteiger partial charge is 0.416 e. The van der Waals surface area contributed by atoms with E-state index in [1.807, 2.05) is 6.92 Å². The number of benzene rings is 1. The molecule has 3 rings (SSSR count). The lowest BCUT2D eigenvalue weighted by Gasteiger charge is -2.29. The Morgan fingerprint density at radius 2 is 1.68 bits per heavy atom. The number of halogens is 6. The fraction of sp³-hybridized carbons (Fsp3) is 0.520. The highest BCUT2D eigenvalue weighted by molar-refractivity contribution is 5.77. The molecule has 208 valence electrons. The van der Waals surface area contributed by atoms with Crippen LogP contribution in [0.15, 0.2) is 46.9 Å². The molecule has 0 amide bonds. The monoisotopic (exact) mass is 543 g/mol. The van der Waals surface area contributed by atoms with E-state index in [9.17, 15) is 26.3 Å². The Hall–Kier alpha value is -3.38. The lowest BCUT2D eigenvalue weighted by molar-refractivity contribution is -0.143. The standard InChI is InChI=1S/C25H31F6N7/c1-3-37(14-17-7-4-5-8-17)22-19(9-6-10-34-22)16-38(23(32)35-36-33-2)15-18-11-20(24(26,27)28)13-21(12-18)25(29,30)31/h6,9-13,17H,3-5,7-8,14-16H2,1-2H3,(H2,32,33,35). The molecular formula is C25H31F6N7. The maximum absolute atomic E-state index is 13.4. The van der Waals surface area contributed by atoms with Crippen molar-refractivity contribution < 1.29 is 26.3 Å². The molecule has 0 aliphatic heterocycles. The number of anilines is 1. The number of alkyl halides is 6. The van der Waals surface area contributed by atoms with Crippen LogP contribution in [-0.4, -0.2) is 36.0 Å². The Morgan fingerprint density at radius 1 is 1.05 bits per heavy atom. The minimum Gasteiger partial charge on any atom is -0.356 e. The first-order valence-electron chi connectivity index (χ1n) is 12.3. The van der Waals surface area contributed by atoms with Crippen molar-refractivity contribution in [2.75, 3.05) is 25.0 Å². The Balaban J connectivity index is 1.97. The van der Waals surface area contributed by atoms with E-state index in [0.717, 1.165) is 19.4 Å². The van der Waals surface area contributed by atoms with Crippen LogP contribution in [-0.2, 0) is 25.4 Å². The van der Waals surface area contributed by atoms with Crippen molar-refractivity contribution in [2.45, 2.75) is 58.0 Å². The number of guanidine groups is 1. The minimum absolute atomic E-state index is 0.0243. The Bertz CT molecular complexity index is 1080. The van der Waals surface area contributed by atoms with E-state index >= 15 is 0 Å². The summed E-state index contributed by atoms with van der Waals surface area (Å²) in [7, 11) is 1.45. The predicted molar refractivity (Wildman–Crippen MR) is 131 cm³/mol. The number of pyridine rings is 1. The van der Waals surface area contributed by atoms with Gasteiger partial charge < -0.3 is 9.80 Å². The van der Waals surface area contributed by atoms with Crippen molar-refractivity contribution in [1.29, 1.82) is 5.41 Å². The molecule has 38 heavy (non-hydrogen) atoms. The SMILES string of the molecule is CCN(CC1CCCC1)c1ncccc1CN(Cc1cc(C(F)(F)F)cc(C(F)(F)F)c1)C(=N)/N=N\NC. The number of hydrogen-bond donors (Lipinski definition) is 2. The van der Waals surface area contributed by atoms with Gasteiger partial charge in [-0.1, -0.05) is 29.2 Å². The molecule has 1 saturated carbocycles. The van der Waals surface area contributed by atoms with Gasteiger partial charge >= 0.3 is 12.4 Å². The summed E-state index contributed by atoms with van der Waals surface area (Å²) in [5, 5.41) is 15.6. The minimum atomic E-state index is -4.97. The fourth-order valence-corrected chi connectivity index (χ4v) is 4.61. The number of nitrogens with zero attached hydrogens (tertiary/aromatic N) is 5. The van der Waals surface area contributed by atoms with Crippen LogP contribution in [0.3, 0.4) is 0 Å². The highest BCUT2D eigenvalue weighted by Gasteiger charge is 2.37. The van der Waals surface area contributed by atoms with Crippen LogP contribution in [0.1, 0.15) is 54.9 Å². The molecule has 7 nitrogen and oxygen atoms in total. The van der Waals surface area contributed by atoms with E-state index in [0.29, 0.717) is 36.0 Å². The molecule has 13 heteroatoms. The lowest BCUT2D eigenvalue weighted by atomic mass is 10.0. The van der Waals surface area contributed by atoms with Gasteiger partial charge in [0.15, 0.2) is 0 Å². The van der Waals surface area contributed by atoms with Gasteiger partial charge in [-0.2, -0.15) is 26.3 Å². The second-order valence-electron chi connectivity index (χ2n) is 9.19. The molecule has 1 aromatic carbocycles. The van der Waals surface area contributed by atoms with E-state index in [1.54, 1.807) is 18.3 Å². The molecule has 0 saturated heterocycles. The van der Waals surface area contributed by atoms with Crippen molar-refractivity contribution in [1.82, 2.24) is 15.3 Å². The van der Waals surface area contributed by atoms with Crippen molar-refractivity contribution in [3.8, 4) is 0 Å². The molecule has 0 unspecified atom stereocenters. The quantitative estimate of drug-likeness (QED) is 0.122. The van der Waals surface area contributed by atoms with Gasteiger partial charge in [-0.05, 0) is 55.5 Å². The first kappa shape index (κ1) is 29.2. The molecule has 0 bridgehead atoms. The molecule has 2 aromatic rings. The van der Waals surface area contributed by atoms with Crippen LogP contribution in [0.25, 0.3) is 0 Å². The van der Waals surface area contributed by atoms with E-state index in [2.05, 4.69) is 25.6 Å². The normalized spacial score (nSPS) is 14.7. The average Bonchev–Trinajstić information content (AvgIpc) is 3.38. The first-order chi connectivity index (χ1) is 17.9. The Labute approximate surface area is 217 Å². The van der Waals surface area contributed by atoms with Gasteiger partial charge in [-0.3, -0.25) is 10.8 Å². The number of aromatic nitrogens is 1. The van der Waals surface area contributed by atoms with Gasteiger partial charge in [-0.25, -0.2) is 4.98 Å². The zero-order chi connectivity index (χ0) is 27.9. The van der Waals surface area contributed by atoms with Gasteiger partial charge in [0.2, 0.25) is 5.96 Å². The highest BCUT2D eigenvalue weighted by Crippen LogP contribution is 2.37. The van der Waals surface area contributed by atoms with Crippen LogP contribution >= 0.6 is 0 Å². The molecule has 0 spiro atoms. The van der Waals surface area contributed by atoms with E-state index in [4.69, 9.17) is 5.41 Å². The van der Waals surface area contributed by atoms with Crippen LogP contribution in [0.2, 0.25) is 0 Å². The summed E-state index contributed by atoms with van der Waals surface area (Å²) >= 11 is 0. The molecule has 1 heterocycles. The lowest BCUT2D eigenvalue weighted by Crippen LogP contribution is -2.33. The van der Waals surface area contributed by atoms with Crippen LogP contribution < -0.4 is 10.3 Å². The third-order valence-corrected chi connectivity index (χ3v) is 6.43. The van der Waals surface area contributed by atoms with E-state index in [-0.39, 0.29) is 18.2 Å². The molecular weight excluding hydrogens is 512 g/mol. The van der Waals surface area contributed by atoms with Gasteiger partial charge in [0.1, 0.15) is 5.82 Å². The van der Waals surface area contributed by atoms with Crippen LogP contribution in [0, 0.1) is 11.3 Å². The van der Waals surface area contributed by atoms with Crippen molar-refractivity contribution in [3.63, 3.8) is 0 Å². The maximum atomic E-state index is 13.4. The smallest absolute Gasteiger partial charge is 0.356 e. The summed E-state index contributed by atoms with van der Waals surface area (Å²) in [6.45, 7) is 3.00. The third kappa shape index (κ3) is 7.81.